The van der Waals surface area contributed by atoms with Gasteiger partial charge in [-0.1, -0.05) is 5.21 Å². The van der Waals surface area contributed by atoms with Gasteiger partial charge in [-0.3, -0.25) is 4.79 Å². The lowest BCUT2D eigenvalue weighted by molar-refractivity contribution is 0.0938. The molecule has 2 N–H and O–H groups in total. The van der Waals surface area contributed by atoms with Crippen molar-refractivity contribution < 1.29 is 9.18 Å². The summed E-state index contributed by atoms with van der Waals surface area (Å²) in [7, 11) is 0. The summed E-state index contributed by atoms with van der Waals surface area (Å²) in [6.45, 7) is 1.77. The van der Waals surface area contributed by atoms with Gasteiger partial charge in [-0.2, -0.15) is 5.21 Å². The first kappa shape index (κ1) is 15.9. The summed E-state index contributed by atoms with van der Waals surface area (Å²) in [5.74, 6) is -0.158. The average Bonchev–Trinajstić information content (AvgIpc) is 3.31. The quantitative estimate of drug-likeness (QED) is 0.587. The number of hydrogen-bond donors (Lipinski definition) is 2. The van der Waals surface area contributed by atoms with Crippen molar-refractivity contribution >= 4 is 11.6 Å². The predicted octanol–water partition coefficient (Wildman–Crippen LogP) is 2.14. The molecule has 8 nitrogen and oxygen atoms in total. The average molecular weight is 351 g/mol. The number of aromatic amines is 1. The molecule has 4 aromatic rings. The van der Waals surface area contributed by atoms with E-state index in [1.54, 1.807) is 48.0 Å². The van der Waals surface area contributed by atoms with Crippen LogP contribution in [0.2, 0.25) is 0 Å². The van der Waals surface area contributed by atoms with Crippen molar-refractivity contribution in [2.24, 2.45) is 0 Å². The molecule has 0 aliphatic heterocycles. The maximum Gasteiger partial charge on any atom is 0.253 e. The highest BCUT2D eigenvalue weighted by Crippen LogP contribution is 2.20. The molecule has 0 saturated carbocycles. The van der Waals surface area contributed by atoms with E-state index < -0.39 is 0 Å². The van der Waals surface area contributed by atoms with Gasteiger partial charge in [-0.05, 0) is 43.3 Å². The molecule has 0 unspecified atom stereocenters. The monoisotopic (exact) mass is 351 g/mol. The highest BCUT2D eigenvalue weighted by atomic mass is 19.1. The first-order valence-electron chi connectivity index (χ1n) is 7.89. The molecule has 1 atom stereocenters. The Kier molecular flexibility index (Phi) is 3.88. The van der Waals surface area contributed by atoms with Crippen molar-refractivity contribution in [1.82, 2.24) is 35.3 Å². The van der Waals surface area contributed by atoms with Crippen LogP contribution in [0, 0.1) is 5.82 Å². The third-order valence-electron chi connectivity index (χ3n) is 3.95. The minimum Gasteiger partial charge on any atom is -0.342 e. The zero-order valence-electron chi connectivity index (χ0n) is 13.7. The lowest BCUT2D eigenvalue weighted by Crippen LogP contribution is -2.27. The third-order valence-corrected chi connectivity index (χ3v) is 3.95. The molecule has 0 aliphatic carbocycles. The Morgan fingerprint density at radius 2 is 2.00 bits per heavy atom. The van der Waals surface area contributed by atoms with E-state index in [0.29, 0.717) is 22.7 Å². The summed E-state index contributed by atoms with van der Waals surface area (Å²) in [6, 6.07) is 9.16. The Hall–Kier alpha value is -3.62. The number of carbonyl (C=O) groups excluding carboxylic acids is 1. The number of fused-ring (bicyclic) bond motifs is 1. The molecular formula is C17H14FN7O. The maximum atomic E-state index is 13.1. The second-order valence-electron chi connectivity index (χ2n) is 5.78. The van der Waals surface area contributed by atoms with Gasteiger partial charge in [0, 0.05) is 18.0 Å². The number of hydrogen-bond acceptors (Lipinski definition) is 5. The Morgan fingerprint density at radius 3 is 2.73 bits per heavy atom. The molecule has 3 heterocycles. The summed E-state index contributed by atoms with van der Waals surface area (Å²) >= 11 is 0. The van der Waals surface area contributed by atoms with E-state index in [-0.39, 0.29) is 17.8 Å². The number of tetrazole rings is 1. The van der Waals surface area contributed by atoms with Gasteiger partial charge >= 0.3 is 0 Å². The SMILES string of the molecule is C[C@H](NC(=O)c1ccc2nc(-c3ccc(F)cc3)cn2c1)c1nn[nH]n1. The molecule has 0 saturated heterocycles. The summed E-state index contributed by atoms with van der Waals surface area (Å²) in [5.41, 5.74) is 2.65. The summed E-state index contributed by atoms with van der Waals surface area (Å²) in [6.07, 6.45) is 3.48. The first-order valence-corrected chi connectivity index (χ1v) is 7.89. The highest BCUT2D eigenvalue weighted by Gasteiger charge is 2.15. The van der Waals surface area contributed by atoms with Gasteiger partial charge in [0.25, 0.3) is 5.91 Å². The smallest absolute Gasteiger partial charge is 0.253 e. The van der Waals surface area contributed by atoms with Gasteiger partial charge in [0.15, 0.2) is 5.82 Å². The Bertz CT molecular complexity index is 1060. The molecule has 9 heteroatoms. The molecule has 4 rings (SSSR count). The molecule has 0 bridgehead atoms. The fourth-order valence-electron chi connectivity index (χ4n) is 2.58. The fraction of sp³-hybridized carbons (Fsp3) is 0.118. The van der Waals surface area contributed by atoms with Crippen LogP contribution in [-0.2, 0) is 0 Å². The van der Waals surface area contributed by atoms with Crippen LogP contribution in [0.1, 0.15) is 29.1 Å². The number of amides is 1. The Morgan fingerprint density at radius 1 is 1.19 bits per heavy atom. The van der Waals surface area contributed by atoms with Crippen LogP contribution in [0.5, 0.6) is 0 Å². The number of benzene rings is 1. The number of H-pyrrole nitrogens is 1. The standard InChI is InChI=1S/C17H14FN7O/c1-10(16-21-23-24-22-16)19-17(26)12-4-7-15-20-14(9-25(15)8-12)11-2-5-13(18)6-3-11/h2-10H,1H3,(H,19,26)(H,21,22,23,24)/t10-/m0/s1. The first-order chi connectivity index (χ1) is 12.6. The van der Waals surface area contributed by atoms with E-state index in [4.69, 9.17) is 0 Å². The normalized spacial score (nSPS) is 12.2. The van der Waals surface area contributed by atoms with E-state index >= 15 is 0 Å². The lowest BCUT2D eigenvalue weighted by atomic mass is 10.2. The van der Waals surface area contributed by atoms with Gasteiger partial charge in [0.1, 0.15) is 11.5 Å². The van der Waals surface area contributed by atoms with E-state index in [2.05, 4.69) is 30.9 Å². The molecule has 1 amide bonds. The summed E-state index contributed by atoms with van der Waals surface area (Å²) in [4.78, 5) is 16.9. The summed E-state index contributed by atoms with van der Waals surface area (Å²) in [5, 5.41) is 16.3. The molecule has 130 valence electrons. The zero-order chi connectivity index (χ0) is 18.1. The van der Waals surface area contributed by atoms with Gasteiger partial charge in [-0.25, -0.2) is 9.37 Å². The highest BCUT2D eigenvalue weighted by molar-refractivity contribution is 5.94. The molecule has 3 aromatic heterocycles. The van der Waals surface area contributed by atoms with Crippen molar-refractivity contribution in [3.05, 3.63) is 66.0 Å². The Balaban J connectivity index is 1.59. The molecule has 26 heavy (non-hydrogen) atoms. The van der Waals surface area contributed by atoms with E-state index in [1.165, 1.54) is 12.1 Å². The van der Waals surface area contributed by atoms with Crippen LogP contribution in [0.25, 0.3) is 16.9 Å². The molecule has 1 aromatic carbocycles. The summed E-state index contributed by atoms with van der Waals surface area (Å²) < 4.78 is 14.8. The predicted molar refractivity (Wildman–Crippen MR) is 90.6 cm³/mol. The van der Waals surface area contributed by atoms with Crippen LogP contribution in [0.4, 0.5) is 4.39 Å². The minimum atomic E-state index is -0.380. The maximum absolute atomic E-state index is 13.1. The van der Waals surface area contributed by atoms with Crippen LogP contribution in [0.3, 0.4) is 0 Å². The largest absolute Gasteiger partial charge is 0.342 e. The van der Waals surface area contributed by atoms with Crippen LogP contribution in [-0.4, -0.2) is 35.9 Å². The number of nitrogens with zero attached hydrogens (tertiary/aromatic N) is 5. The van der Waals surface area contributed by atoms with Crippen LogP contribution in [0.15, 0.2) is 48.8 Å². The number of halogens is 1. The molecule has 0 radical (unpaired) electrons. The number of aromatic nitrogens is 6. The van der Waals surface area contributed by atoms with Gasteiger partial charge in [-0.15, -0.1) is 10.2 Å². The molecule has 0 fully saturated rings. The Labute approximate surface area is 147 Å². The minimum absolute atomic E-state index is 0.263. The van der Waals surface area contributed by atoms with E-state index in [9.17, 15) is 9.18 Å². The van der Waals surface area contributed by atoms with Gasteiger partial charge in [0.2, 0.25) is 0 Å². The topological polar surface area (TPSA) is 101 Å². The fourth-order valence-corrected chi connectivity index (χ4v) is 2.58. The van der Waals surface area contributed by atoms with Crippen molar-refractivity contribution in [1.29, 1.82) is 0 Å². The van der Waals surface area contributed by atoms with Crippen molar-refractivity contribution in [2.75, 3.05) is 0 Å². The number of nitrogens with one attached hydrogen (secondary N) is 2. The van der Waals surface area contributed by atoms with Crippen molar-refractivity contribution in [3.63, 3.8) is 0 Å². The molecular weight excluding hydrogens is 337 g/mol. The zero-order valence-corrected chi connectivity index (χ0v) is 13.7. The number of rotatable bonds is 4. The van der Waals surface area contributed by atoms with Crippen LogP contribution < -0.4 is 5.32 Å². The van der Waals surface area contributed by atoms with Crippen LogP contribution >= 0.6 is 0 Å². The number of pyridine rings is 1. The van der Waals surface area contributed by atoms with Crippen molar-refractivity contribution in [3.8, 4) is 11.3 Å². The second-order valence-corrected chi connectivity index (χ2v) is 5.78. The second kappa shape index (κ2) is 6.36. The van der Waals surface area contributed by atoms with Crippen molar-refractivity contribution in [2.45, 2.75) is 13.0 Å². The molecule has 0 spiro atoms. The van der Waals surface area contributed by atoms with Gasteiger partial charge in [0.05, 0.1) is 17.3 Å². The van der Waals surface area contributed by atoms with Gasteiger partial charge < -0.3 is 9.72 Å². The molecule has 0 aliphatic rings. The van der Waals surface area contributed by atoms with E-state index in [1.807, 2.05) is 0 Å². The lowest BCUT2D eigenvalue weighted by Gasteiger charge is -2.10. The number of imidazole rings is 1. The number of carbonyl (C=O) groups is 1. The van der Waals surface area contributed by atoms with E-state index in [0.717, 1.165) is 5.56 Å². The third kappa shape index (κ3) is 3.02.